The Kier molecular flexibility index (Phi) is 11.2. The van der Waals surface area contributed by atoms with Gasteiger partial charge < -0.3 is 5.32 Å². The molecule has 0 aromatic rings. The number of hydrogen-bond donors (Lipinski definition) is 3. The Labute approximate surface area is 141 Å². The summed E-state index contributed by atoms with van der Waals surface area (Å²) in [5, 5.41) is 21.5. The van der Waals surface area contributed by atoms with Crippen LogP contribution in [0.4, 0.5) is 0 Å². The molecule has 0 amide bonds. The third-order valence-corrected chi connectivity index (χ3v) is 5.91. The molecule has 0 aromatic carbocycles. The molecule has 2 rings (SSSR count). The number of nitrogens with one attached hydrogen (secondary N) is 1. The number of aliphatic carboxylic acids is 1. The molecule has 0 heterocycles. The van der Waals surface area contributed by atoms with Crippen molar-refractivity contribution >= 4 is 20.9 Å². The summed E-state index contributed by atoms with van der Waals surface area (Å²) in [6, 6.07) is 1.74. The zero-order valence-electron chi connectivity index (χ0n) is 13.9. The zero-order valence-corrected chi connectivity index (χ0v) is 15.6. The molecular formula is C17H33NO3Se. The minimum atomic E-state index is -1.15. The maximum absolute atomic E-state index is 9.96. The molecule has 0 radical (unpaired) electrons. The Morgan fingerprint density at radius 3 is 1.86 bits per heavy atom. The van der Waals surface area contributed by atoms with E-state index in [1.807, 2.05) is 5.82 Å². The average molecular weight is 378 g/mol. The summed E-state index contributed by atoms with van der Waals surface area (Å²) >= 11 is 0.469. The van der Waals surface area contributed by atoms with E-state index in [0.29, 0.717) is 21.4 Å². The topological polar surface area (TPSA) is 69.6 Å². The molecule has 130 valence electrons. The molecule has 0 aromatic heterocycles. The van der Waals surface area contributed by atoms with E-state index in [9.17, 15) is 4.79 Å². The number of aliphatic hydroxyl groups excluding tert-OH is 1. The first-order valence-corrected chi connectivity index (χ1v) is 11.7. The summed E-state index contributed by atoms with van der Waals surface area (Å²) in [5.74, 6) is 0.904. The Morgan fingerprint density at radius 1 is 1.05 bits per heavy atom. The summed E-state index contributed by atoms with van der Waals surface area (Å²) in [7, 11) is 0. The normalized spacial score (nSPS) is 21.7. The van der Waals surface area contributed by atoms with E-state index in [1.54, 1.807) is 0 Å². The first kappa shape index (κ1) is 20.0. The van der Waals surface area contributed by atoms with Crippen LogP contribution in [-0.2, 0) is 4.79 Å². The Hall–Kier alpha value is -0.0905. The molecule has 0 aliphatic heterocycles. The fraction of sp³-hybridized carbons (Fsp3) is 0.941. The van der Waals surface area contributed by atoms with Gasteiger partial charge in [0.1, 0.15) is 0 Å². The van der Waals surface area contributed by atoms with Crippen LogP contribution in [0.1, 0.15) is 70.6 Å². The monoisotopic (exact) mass is 379 g/mol. The van der Waals surface area contributed by atoms with Gasteiger partial charge in [-0.15, -0.1) is 0 Å². The molecule has 22 heavy (non-hydrogen) atoms. The molecule has 0 spiro atoms. The molecule has 4 nitrogen and oxygen atoms in total. The minimum absolute atomic E-state index is 0.395. The molecular weight excluding hydrogens is 345 g/mol. The van der Waals surface area contributed by atoms with Gasteiger partial charge in [0.2, 0.25) is 0 Å². The Balaban J connectivity index is 0.000000239. The molecule has 2 aliphatic rings. The van der Waals surface area contributed by atoms with Crippen molar-refractivity contribution in [3.63, 3.8) is 0 Å². The van der Waals surface area contributed by atoms with Crippen molar-refractivity contribution in [2.24, 2.45) is 0 Å². The molecule has 0 bridgehead atoms. The van der Waals surface area contributed by atoms with Crippen molar-refractivity contribution in [3.8, 4) is 0 Å². The molecule has 1 unspecified atom stereocenters. The van der Waals surface area contributed by atoms with Crippen LogP contribution in [0.15, 0.2) is 0 Å². The molecule has 0 saturated heterocycles. The van der Waals surface area contributed by atoms with Gasteiger partial charge in [0.15, 0.2) is 0 Å². The molecule has 5 heteroatoms. The van der Waals surface area contributed by atoms with Gasteiger partial charge in [0, 0.05) is 12.1 Å². The second kappa shape index (κ2) is 12.3. The first-order chi connectivity index (χ1) is 10.6. The first-order valence-electron chi connectivity index (χ1n) is 8.79. The van der Waals surface area contributed by atoms with Crippen LogP contribution in [0.3, 0.4) is 0 Å². The van der Waals surface area contributed by atoms with Gasteiger partial charge >= 0.3 is 59.6 Å². The van der Waals surface area contributed by atoms with Gasteiger partial charge in [-0.1, -0.05) is 38.5 Å². The second-order valence-electron chi connectivity index (χ2n) is 6.47. The molecule has 2 fully saturated rings. The van der Waals surface area contributed by atoms with Gasteiger partial charge in [0.25, 0.3) is 0 Å². The molecule has 2 aliphatic carbocycles. The van der Waals surface area contributed by atoms with Crippen molar-refractivity contribution in [2.75, 3.05) is 0 Å². The van der Waals surface area contributed by atoms with Crippen LogP contribution in [0.5, 0.6) is 0 Å². The predicted octanol–water partition coefficient (Wildman–Crippen LogP) is 3.23. The molecule has 1 atom stereocenters. The predicted molar refractivity (Wildman–Crippen MR) is 91.6 cm³/mol. The van der Waals surface area contributed by atoms with E-state index in [0.717, 1.165) is 17.4 Å². The average Bonchev–Trinajstić information content (AvgIpc) is 2.55. The van der Waals surface area contributed by atoms with Crippen LogP contribution in [-0.4, -0.2) is 49.3 Å². The summed E-state index contributed by atoms with van der Waals surface area (Å²) in [5.41, 5.74) is 0. The Bertz CT molecular complexity index is 274. The SMILES string of the molecule is C1CCC(NC2CCCCC2)CC1.C[Se]CCC(O)C(=O)O. The quantitative estimate of drug-likeness (QED) is 0.621. The second-order valence-corrected chi connectivity index (χ2v) is 8.54. The maximum atomic E-state index is 9.96. The van der Waals surface area contributed by atoms with Crippen LogP contribution in [0.2, 0.25) is 11.1 Å². The van der Waals surface area contributed by atoms with Crippen molar-refractivity contribution in [1.29, 1.82) is 0 Å². The van der Waals surface area contributed by atoms with Crippen LogP contribution >= 0.6 is 0 Å². The van der Waals surface area contributed by atoms with Crippen molar-refractivity contribution in [1.82, 2.24) is 5.32 Å². The van der Waals surface area contributed by atoms with E-state index >= 15 is 0 Å². The van der Waals surface area contributed by atoms with Crippen molar-refractivity contribution in [3.05, 3.63) is 0 Å². The number of rotatable bonds is 6. The zero-order chi connectivity index (χ0) is 16.2. The van der Waals surface area contributed by atoms with Crippen LogP contribution in [0.25, 0.3) is 0 Å². The van der Waals surface area contributed by atoms with E-state index in [4.69, 9.17) is 10.2 Å². The van der Waals surface area contributed by atoms with Crippen LogP contribution < -0.4 is 5.32 Å². The van der Waals surface area contributed by atoms with E-state index < -0.39 is 12.1 Å². The third-order valence-electron chi connectivity index (χ3n) is 4.56. The summed E-state index contributed by atoms with van der Waals surface area (Å²) < 4.78 is 0. The van der Waals surface area contributed by atoms with Crippen LogP contribution in [0, 0.1) is 0 Å². The van der Waals surface area contributed by atoms with Gasteiger partial charge in [-0.05, 0) is 25.7 Å². The van der Waals surface area contributed by atoms with E-state index in [-0.39, 0.29) is 0 Å². The summed E-state index contributed by atoms with van der Waals surface area (Å²) in [4.78, 5) is 9.96. The number of carbonyl (C=O) groups is 1. The number of hydrogen-bond acceptors (Lipinski definition) is 3. The molecule has 3 N–H and O–H groups in total. The number of aliphatic hydroxyl groups is 1. The van der Waals surface area contributed by atoms with Gasteiger partial charge in [-0.25, -0.2) is 0 Å². The van der Waals surface area contributed by atoms with E-state index in [2.05, 4.69) is 5.32 Å². The van der Waals surface area contributed by atoms with E-state index in [1.165, 1.54) is 64.2 Å². The summed E-state index contributed by atoms with van der Waals surface area (Å²) in [6.45, 7) is 0. The standard InChI is InChI=1S/C12H23N.C5H10O3Se/c1-3-7-11(8-4-1)13-12-9-5-2-6-10-12;1-9-3-2-4(6)5(7)8/h11-13H,1-10H2;4,6H,2-3H2,1H3,(H,7,8). The molecule has 2 saturated carbocycles. The number of carboxylic acids is 1. The van der Waals surface area contributed by atoms with Crippen molar-refractivity contribution < 1.29 is 15.0 Å². The third kappa shape index (κ3) is 9.14. The van der Waals surface area contributed by atoms with Crippen molar-refractivity contribution in [2.45, 2.75) is 100.0 Å². The van der Waals surface area contributed by atoms with Gasteiger partial charge in [0.05, 0.1) is 0 Å². The fourth-order valence-corrected chi connectivity index (χ4v) is 4.19. The van der Waals surface area contributed by atoms with Gasteiger partial charge in [-0.2, -0.15) is 0 Å². The summed E-state index contributed by atoms with van der Waals surface area (Å²) in [6.07, 6.45) is 13.8. The van der Waals surface area contributed by atoms with Gasteiger partial charge in [-0.3, -0.25) is 0 Å². The fourth-order valence-electron chi connectivity index (χ4n) is 3.22. The number of carboxylic acid groups (broad SMARTS) is 1. The Morgan fingerprint density at radius 2 is 1.50 bits per heavy atom.